The molecule has 2 heteroatoms. The van der Waals surface area contributed by atoms with E-state index >= 15 is 0 Å². The lowest BCUT2D eigenvalue weighted by Gasteiger charge is -2.05. The van der Waals surface area contributed by atoms with E-state index in [9.17, 15) is 5.11 Å². The minimum atomic E-state index is 0.278. The molecule has 0 aromatic heterocycles. The van der Waals surface area contributed by atoms with Gasteiger partial charge in [0.2, 0.25) is 0 Å². The molecule has 1 aromatic carbocycles. The molecule has 1 N–H and O–H groups in total. The van der Waals surface area contributed by atoms with Gasteiger partial charge in [-0.3, -0.25) is 0 Å². The molecule has 1 rings (SSSR count). The van der Waals surface area contributed by atoms with Crippen LogP contribution in [0.25, 0.3) is 0 Å². The molecular formula is C22H34O2. The van der Waals surface area contributed by atoms with Crippen LogP contribution in [0.15, 0.2) is 24.3 Å². The van der Waals surface area contributed by atoms with E-state index in [4.69, 9.17) is 4.74 Å². The Bertz CT molecular complexity index is 453. The number of hydrogen-bond donors (Lipinski definition) is 1. The maximum atomic E-state index is 9.19. The lowest BCUT2D eigenvalue weighted by molar-refractivity contribution is 0.304. The molecule has 0 aliphatic heterocycles. The van der Waals surface area contributed by atoms with Crippen LogP contribution in [0.5, 0.6) is 11.5 Å². The van der Waals surface area contributed by atoms with Crippen molar-refractivity contribution in [3.05, 3.63) is 24.3 Å². The molecule has 0 aliphatic rings. The smallest absolute Gasteiger partial charge is 0.119 e. The van der Waals surface area contributed by atoms with Gasteiger partial charge in [0, 0.05) is 12.8 Å². The Hall–Kier alpha value is -1.62. The van der Waals surface area contributed by atoms with Gasteiger partial charge in [0.05, 0.1) is 6.61 Å². The van der Waals surface area contributed by atoms with E-state index in [-0.39, 0.29) is 5.75 Å². The van der Waals surface area contributed by atoms with Gasteiger partial charge in [-0.25, -0.2) is 0 Å². The second-order valence-electron chi connectivity index (χ2n) is 6.38. The van der Waals surface area contributed by atoms with E-state index in [0.29, 0.717) is 0 Å². The van der Waals surface area contributed by atoms with Crippen LogP contribution in [0.3, 0.4) is 0 Å². The van der Waals surface area contributed by atoms with E-state index < -0.39 is 0 Å². The fraction of sp³-hybridized carbons (Fsp3) is 0.636. The van der Waals surface area contributed by atoms with Gasteiger partial charge in [-0.1, -0.05) is 51.9 Å². The van der Waals surface area contributed by atoms with Crippen molar-refractivity contribution >= 4 is 0 Å². The normalized spacial score (nSPS) is 10.2. The fourth-order valence-corrected chi connectivity index (χ4v) is 2.57. The summed E-state index contributed by atoms with van der Waals surface area (Å²) in [7, 11) is 0. The van der Waals surface area contributed by atoms with Crippen LogP contribution in [-0.4, -0.2) is 11.7 Å². The Morgan fingerprint density at radius 3 is 1.92 bits per heavy atom. The van der Waals surface area contributed by atoms with Crippen LogP contribution in [0, 0.1) is 11.8 Å². The average molecular weight is 331 g/mol. The summed E-state index contributed by atoms with van der Waals surface area (Å²) < 4.78 is 5.63. The summed E-state index contributed by atoms with van der Waals surface area (Å²) in [5, 5.41) is 9.19. The van der Waals surface area contributed by atoms with Crippen LogP contribution < -0.4 is 4.74 Å². The first-order valence-corrected chi connectivity index (χ1v) is 9.70. The molecule has 0 spiro atoms. The van der Waals surface area contributed by atoms with E-state index in [2.05, 4.69) is 18.8 Å². The SMILES string of the molecule is CCCCCCCCC#CCCCCCCOc1ccc(O)cc1. The average Bonchev–Trinajstić information content (AvgIpc) is 2.60. The van der Waals surface area contributed by atoms with Crippen molar-refractivity contribution in [1.82, 2.24) is 0 Å². The van der Waals surface area contributed by atoms with Crippen molar-refractivity contribution < 1.29 is 9.84 Å². The molecule has 24 heavy (non-hydrogen) atoms. The lowest BCUT2D eigenvalue weighted by Crippen LogP contribution is -1.96. The van der Waals surface area contributed by atoms with Gasteiger partial charge >= 0.3 is 0 Å². The molecule has 2 nitrogen and oxygen atoms in total. The Morgan fingerprint density at radius 1 is 0.750 bits per heavy atom. The predicted octanol–water partition coefficient (Wildman–Crippen LogP) is 6.48. The first-order valence-electron chi connectivity index (χ1n) is 9.70. The molecule has 0 saturated heterocycles. The fourth-order valence-electron chi connectivity index (χ4n) is 2.57. The number of ether oxygens (including phenoxy) is 1. The van der Waals surface area contributed by atoms with Gasteiger partial charge in [-0.2, -0.15) is 0 Å². The number of rotatable bonds is 13. The third kappa shape index (κ3) is 11.9. The van der Waals surface area contributed by atoms with E-state index in [1.165, 1.54) is 57.8 Å². The first-order chi connectivity index (χ1) is 11.8. The van der Waals surface area contributed by atoms with Crippen LogP contribution in [0.4, 0.5) is 0 Å². The largest absolute Gasteiger partial charge is 0.508 e. The number of phenolic OH excluding ortho intramolecular Hbond substituents is 1. The number of benzene rings is 1. The highest BCUT2D eigenvalue weighted by Crippen LogP contribution is 2.16. The molecular weight excluding hydrogens is 296 g/mol. The molecule has 0 unspecified atom stereocenters. The van der Waals surface area contributed by atoms with Crippen molar-refractivity contribution in [2.24, 2.45) is 0 Å². The third-order valence-corrected chi connectivity index (χ3v) is 4.08. The maximum Gasteiger partial charge on any atom is 0.119 e. The Balaban J connectivity index is 1.83. The van der Waals surface area contributed by atoms with Gasteiger partial charge in [0.15, 0.2) is 0 Å². The van der Waals surface area contributed by atoms with Gasteiger partial charge in [-0.15, -0.1) is 11.8 Å². The minimum absolute atomic E-state index is 0.278. The molecule has 0 atom stereocenters. The van der Waals surface area contributed by atoms with Crippen LogP contribution in [0.2, 0.25) is 0 Å². The molecule has 0 saturated carbocycles. The summed E-state index contributed by atoms with van der Waals surface area (Å²) in [5.41, 5.74) is 0. The topological polar surface area (TPSA) is 29.5 Å². The predicted molar refractivity (Wildman–Crippen MR) is 102 cm³/mol. The summed E-state index contributed by atoms with van der Waals surface area (Å²) in [6.45, 7) is 3.00. The second kappa shape index (κ2) is 14.9. The Morgan fingerprint density at radius 2 is 1.29 bits per heavy atom. The highest BCUT2D eigenvalue weighted by molar-refractivity contribution is 5.29. The third-order valence-electron chi connectivity index (χ3n) is 4.08. The minimum Gasteiger partial charge on any atom is -0.508 e. The standard InChI is InChI=1S/C22H34O2/c1-2-3-4-5-6-7-8-9-10-11-12-13-14-15-20-24-22-18-16-21(23)17-19-22/h16-19,23H,2-8,11-15,20H2,1H3. The van der Waals surface area contributed by atoms with Crippen LogP contribution >= 0.6 is 0 Å². The highest BCUT2D eigenvalue weighted by Gasteiger charge is 1.94. The highest BCUT2D eigenvalue weighted by atomic mass is 16.5. The summed E-state index contributed by atoms with van der Waals surface area (Å²) in [5.74, 6) is 7.72. The number of hydrogen-bond acceptors (Lipinski definition) is 2. The number of phenols is 1. The number of aromatic hydroxyl groups is 1. The second-order valence-corrected chi connectivity index (χ2v) is 6.38. The van der Waals surface area contributed by atoms with Gasteiger partial charge in [0.25, 0.3) is 0 Å². The molecule has 0 aliphatic carbocycles. The zero-order valence-corrected chi connectivity index (χ0v) is 15.4. The van der Waals surface area contributed by atoms with Gasteiger partial charge < -0.3 is 9.84 Å². The van der Waals surface area contributed by atoms with E-state index in [0.717, 1.165) is 31.6 Å². The van der Waals surface area contributed by atoms with Crippen molar-refractivity contribution in [2.45, 2.75) is 84.0 Å². The summed E-state index contributed by atoms with van der Waals surface area (Å²) in [6.07, 6.45) is 14.9. The Kier molecular flexibility index (Phi) is 12.7. The molecule has 1 aromatic rings. The Labute approximate surface area is 148 Å². The first kappa shape index (κ1) is 20.4. The summed E-state index contributed by atoms with van der Waals surface area (Å²) in [6, 6.07) is 6.90. The quantitative estimate of drug-likeness (QED) is 0.331. The van der Waals surface area contributed by atoms with Crippen LogP contribution in [0.1, 0.15) is 84.0 Å². The number of unbranched alkanes of at least 4 members (excludes halogenated alkanes) is 10. The van der Waals surface area contributed by atoms with Crippen molar-refractivity contribution in [3.8, 4) is 23.3 Å². The van der Waals surface area contributed by atoms with Gasteiger partial charge in [-0.05, 0) is 43.5 Å². The molecule has 0 heterocycles. The molecule has 0 amide bonds. The van der Waals surface area contributed by atoms with Gasteiger partial charge in [0.1, 0.15) is 11.5 Å². The summed E-state index contributed by atoms with van der Waals surface area (Å²) in [4.78, 5) is 0. The maximum absolute atomic E-state index is 9.19. The van der Waals surface area contributed by atoms with Crippen molar-refractivity contribution in [3.63, 3.8) is 0 Å². The molecule has 0 radical (unpaired) electrons. The molecule has 0 bridgehead atoms. The van der Waals surface area contributed by atoms with E-state index in [1.807, 2.05) is 0 Å². The van der Waals surface area contributed by atoms with Crippen LogP contribution in [-0.2, 0) is 0 Å². The summed E-state index contributed by atoms with van der Waals surface area (Å²) >= 11 is 0. The molecule has 134 valence electrons. The molecule has 0 fully saturated rings. The lowest BCUT2D eigenvalue weighted by atomic mass is 10.1. The van der Waals surface area contributed by atoms with Crippen molar-refractivity contribution in [2.75, 3.05) is 6.61 Å². The van der Waals surface area contributed by atoms with E-state index in [1.54, 1.807) is 24.3 Å². The monoisotopic (exact) mass is 330 g/mol. The zero-order valence-electron chi connectivity index (χ0n) is 15.4. The van der Waals surface area contributed by atoms with Crippen molar-refractivity contribution in [1.29, 1.82) is 0 Å². The zero-order chi connectivity index (χ0) is 17.3.